The summed E-state index contributed by atoms with van der Waals surface area (Å²) in [4.78, 5) is 14.0. The third-order valence-corrected chi connectivity index (χ3v) is 2.37. The normalized spacial score (nSPS) is 10.3. The molecule has 0 saturated carbocycles. The van der Waals surface area contributed by atoms with Crippen molar-refractivity contribution in [3.05, 3.63) is 47.1 Å². The van der Waals surface area contributed by atoms with Crippen molar-refractivity contribution in [2.45, 2.75) is 13.3 Å². The van der Waals surface area contributed by atoms with Gasteiger partial charge in [-0.25, -0.2) is 4.79 Å². The van der Waals surface area contributed by atoms with Crippen LogP contribution in [0.1, 0.15) is 13.3 Å². The van der Waals surface area contributed by atoms with Gasteiger partial charge in [0, 0.05) is 24.6 Å². The second kappa shape index (κ2) is 4.70. The standard InChI is InChI=1S/C12H15N3O/c1-2-7-13-10-3-5-11(6-4-10)15-9-8-14-12(15)16/h3-6,8-9,13H,2,7H2,1H3,(H,14,16). The summed E-state index contributed by atoms with van der Waals surface area (Å²) in [5, 5.41) is 3.29. The Balaban J connectivity index is 2.20. The maximum Gasteiger partial charge on any atom is 0.330 e. The summed E-state index contributed by atoms with van der Waals surface area (Å²) in [6.07, 6.45) is 4.45. The number of anilines is 1. The van der Waals surface area contributed by atoms with Crippen molar-refractivity contribution >= 4 is 5.69 Å². The SMILES string of the molecule is CCCNc1ccc(-n2cc[nH]c2=O)cc1. The van der Waals surface area contributed by atoms with Gasteiger partial charge in [-0.05, 0) is 30.7 Å². The highest BCUT2D eigenvalue weighted by atomic mass is 16.1. The van der Waals surface area contributed by atoms with Gasteiger partial charge < -0.3 is 10.3 Å². The van der Waals surface area contributed by atoms with Crippen LogP contribution < -0.4 is 11.0 Å². The van der Waals surface area contributed by atoms with Crippen molar-refractivity contribution in [1.29, 1.82) is 0 Å². The third kappa shape index (κ3) is 2.16. The smallest absolute Gasteiger partial charge is 0.330 e. The van der Waals surface area contributed by atoms with E-state index in [1.54, 1.807) is 17.0 Å². The monoisotopic (exact) mass is 217 g/mol. The summed E-state index contributed by atoms with van der Waals surface area (Å²) >= 11 is 0. The Morgan fingerprint density at radius 2 is 2.06 bits per heavy atom. The van der Waals surface area contributed by atoms with E-state index in [0.717, 1.165) is 24.3 Å². The molecule has 0 radical (unpaired) electrons. The summed E-state index contributed by atoms with van der Waals surface area (Å²) in [7, 11) is 0. The first kappa shape index (κ1) is 10.5. The number of rotatable bonds is 4. The van der Waals surface area contributed by atoms with E-state index >= 15 is 0 Å². The molecule has 2 rings (SSSR count). The largest absolute Gasteiger partial charge is 0.385 e. The van der Waals surface area contributed by atoms with Gasteiger partial charge in [-0.2, -0.15) is 0 Å². The average Bonchev–Trinajstić information content (AvgIpc) is 2.74. The zero-order chi connectivity index (χ0) is 11.4. The number of aromatic nitrogens is 2. The van der Waals surface area contributed by atoms with E-state index < -0.39 is 0 Å². The summed E-state index contributed by atoms with van der Waals surface area (Å²) < 4.78 is 1.57. The fourth-order valence-electron chi connectivity index (χ4n) is 1.53. The lowest BCUT2D eigenvalue weighted by molar-refractivity contribution is 0.974. The van der Waals surface area contributed by atoms with Crippen LogP contribution in [0.2, 0.25) is 0 Å². The molecule has 2 N–H and O–H groups in total. The van der Waals surface area contributed by atoms with Crippen molar-refractivity contribution < 1.29 is 0 Å². The van der Waals surface area contributed by atoms with Crippen molar-refractivity contribution in [3.63, 3.8) is 0 Å². The molecular formula is C12H15N3O. The van der Waals surface area contributed by atoms with Crippen LogP contribution in [0.4, 0.5) is 5.69 Å². The lowest BCUT2D eigenvalue weighted by Gasteiger charge is -2.06. The van der Waals surface area contributed by atoms with Crippen LogP contribution in [-0.4, -0.2) is 16.1 Å². The van der Waals surface area contributed by atoms with Gasteiger partial charge in [0.1, 0.15) is 0 Å². The minimum atomic E-state index is -0.116. The van der Waals surface area contributed by atoms with E-state index in [1.165, 1.54) is 0 Å². The molecule has 0 aliphatic heterocycles. The topological polar surface area (TPSA) is 49.8 Å². The first-order valence-corrected chi connectivity index (χ1v) is 5.41. The fraction of sp³-hybridized carbons (Fsp3) is 0.250. The van der Waals surface area contributed by atoms with E-state index in [-0.39, 0.29) is 5.69 Å². The number of H-pyrrole nitrogens is 1. The van der Waals surface area contributed by atoms with Crippen LogP contribution >= 0.6 is 0 Å². The van der Waals surface area contributed by atoms with Crippen LogP contribution in [0, 0.1) is 0 Å². The van der Waals surface area contributed by atoms with Gasteiger partial charge in [-0.1, -0.05) is 6.92 Å². The Morgan fingerprint density at radius 3 is 2.62 bits per heavy atom. The highest BCUT2D eigenvalue weighted by Gasteiger charge is 1.99. The van der Waals surface area contributed by atoms with E-state index in [1.807, 2.05) is 24.3 Å². The summed E-state index contributed by atoms with van der Waals surface area (Å²) in [6.45, 7) is 3.09. The Labute approximate surface area is 93.9 Å². The molecule has 1 aromatic carbocycles. The molecule has 1 aromatic heterocycles. The van der Waals surface area contributed by atoms with Gasteiger partial charge in [-0.15, -0.1) is 0 Å². The van der Waals surface area contributed by atoms with E-state index in [9.17, 15) is 4.79 Å². The summed E-state index contributed by atoms with van der Waals surface area (Å²) in [5.41, 5.74) is 1.83. The van der Waals surface area contributed by atoms with Crippen LogP contribution in [0.25, 0.3) is 5.69 Å². The highest BCUT2D eigenvalue weighted by Crippen LogP contribution is 2.11. The molecule has 0 saturated heterocycles. The quantitative estimate of drug-likeness (QED) is 0.822. The molecule has 4 heteroatoms. The average molecular weight is 217 g/mol. The molecule has 0 amide bonds. The predicted octanol–water partition coefficient (Wildman–Crippen LogP) is 1.99. The molecular weight excluding hydrogens is 202 g/mol. The molecule has 0 aliphatic rings. The molecule has 84 valence electrons. The molecule has 16 heavy (non-hydrogen) atoms. The molecule has 0 fully saturated rings. The Hall–Kier alpha value is -1.97. The number of nitrogens with zero attached hydrogens (tertiary/aromatic N) is 1. The molecule has 0 aliphatic carbocycles. The number of hydrogen-bond donors (Lipinski definition) is 2. The van der Waals surface area contributed by atoms with Gasteiger partial charge in [0.25, 0.3) is 0 Å². The summed E-state index contributed by atoms with van der Waals surface area (Å²) in [5.74, 6) is 0. The molecule has 0 unspecified atom stereocenters. The molecule has 0 spiro atoms. The second-order valence-corrected chi connectivity index (χ2v) is 3.61. The van der Waals surface area contributed by atoms with Crippen molar-refractivity contribution in [2.24, 2.45) is 0 Å². The Morgan fingerprint density at radius 1 is 1.31 bits per heavy atom. The van der Waals surface area contributed by atoms with Crippen LogP contribution in [0.5, 0.6) is 0 Å². The van der Waals surface area contributed by atoms with Crippen molar-refractivity contribution in [3.8, 4) is 5.69 Å². The molecule has 0 atom stereocenters. The minimum Gasteiger partial charge on any atom is -0.385 e. The minimum absolute atomic E-state index is 0.116. The van der Waals surface area contributed by atoms with E-state index in [0.29, 0.717) is 0 Å². The van der Waals surface area contributed by atoms with Crippen LogP contribution in [0.15, 0.2) is 41.5 Å². The highest BCUT2D eigenvalue weighted by molar-refractivity contribution is 5.48. The van der Waals surface area contributed by atoms with E-state index in [2.05, 4.69) is 17.2 Å². The Bertz CT molecular complexity index is 495. The zero-order valence-electron chi connectivity index (χ0n) is 9.23. The summed E-state index contributed by atoms with van der Waals surface area (Å²) in [6, 6.07) is 7.80. The number of imidazole rings is 1. The van der Waals surface area contributed by atoms with Gasteiger partial charge in [0.2, 0.25) is 0 Å². The maximum atomic E-state index is 11.4. The number of hydrogen-bond acceptors (Lipinski definition) is 2. The molecule has 4 nitrogen and oxygen atoms in total. The maximum absolute atomic E-state index is 11.4. The third-order valence-electron chi connectivity index (χ3n) is 2.37. The molecule has 1 heterocycles. The lowest BCUT2D eigenvalue weighted by Crippen LogP contribution is -2.13. The van der Waals surface area contributed by atoms with Gasteiger partial charge in [0.05, 0.1) is 5.69 Å². The molecule has 2 aromatic rings. The number of benzene rings is 1. The number of nitrogens with one attached hydrogen (secondary N) is 2. The first-order valence-electron chi connectivity index (χ1n) is 5.41. The van der Waals surface area contributed by atoms with Gasteiger partial charge >= 0.3 is 5.69 Å². The fourth-order valence-corrected chi connectivity index (χ4v) is 1.53. The van der Waals surface area contributed by atoms with Crippen molar-refractivity contribution in [1.82, 2.24) is 9.55 Å². The lowest BCUT2D eigenvalue weighted by atomic mass is 10.2. The number of aromatic amines is 1. The van der Waals surface area contributed by atoms with E-state index in [4.69, 9.17) is 0 Å². The van der Waals surface area contributed by atoms with Crippen molar-refractivity contribution in [2.75, 3.05) is 11.9 Å². The first-order chi connectivity index (χ1) is 7.81. The molecule has 0 bridgehead atoms. The Kier molecular flexibility index (Phi) is 3.10. The predicted molar refractivity (Wildman–Crippen MR) is 65.2 cm³/mol. The second-order valence-electron chi connectivity index (χ2n) is 3.61. The zero-order valence-corrected chi connectivity index (χ0v) is 9.23. The van der Waals surface area contributed by atoms with Gasteiger partial charge in [0.15, 0.2) is 0 Å². The van der Waals surface area contributed by atoms with Crippen LogP contribution in [-0.2, 0) is 0 Å². The van der Waals surface area contributed by atoms with Crippen LogP contribution in [0.3, 0.4) is 0 Å². The van der Waals surface area contributed by atoms with Gasteiger partial charge in [-0.3, -0.25) is 4.57 Å².